The topological polar surface area (TPSA) is 44.8 Å². The zero-order valence-corrected chi connectivity index (χ0v) is 19.8. The number of rotatable bonds is 9. The van der Waals surface area contributed by atoms with Crippen molar-refractivity contribution in [3.63, 3.8) is 0 Å². The molecule has 0 spiro atoms. The minimum absolute atomic E-state index is 0.0782. The summed E-state index contributed by atoms with van der Waals surface area (Å²) in [5.41, 5.74) is 1.72. The van der Waals surface area contributed by atoms with E-state index in [1.165, 1.54) is 6.92 Å². The molecular weight excluding hydrogens is 377 g/mol. The number of carbonyl (C=O) groups is 1. The molecule has 0 radical (unpaired) electrons. The normalized spacial score (nSPS) is 12.5. The van der Waals surface area contributed by atoms with Crippen LogP contribution in [0, 0.1) is 0 Å². The Hall–Kier alpha value is -0.940. The number of nitrogens with zero attached hydrogens (tertiary/aromatic N) is 2. The largest absolute Gasteiger partial charge is 0.441 e. The van der Waals surface area contributed by atoms with Gasteiger partial charge >= 0.3 is 0 Å². The van der Waals surface area contributed by atoms with E-state index in [-0.39, 0.29) is 11.3 Å². The number of nitrogens with one attached hydrogen (secondary N) is 1. The maximum Gasteiger partial charge on any atom is 0.253 e. The van der Waals surface area contributed by atoms with E-state index in [9.17, 15) is 4.79 Å². The van der Waals surface area contributed by atoms with Gasteiger partial charge in [0, 0.05) is 38.8 Å². The first-order chi connectivity index (χ1) is 12.5. The van der Waals surface area contributed by atoms with Crippen LogP contribution in [-0.2, 0) is 22.0 Å². The van der Waals surface area contributed by atoms with E-state index in [0.29, 0.717) is 0 Å². The van der Waals surface area contributed by atoms with Crippen molar-refractivity contribution >= 4 is 30.0 Å². The summed E-state index contributed by atoms with van der Waals surface area (Å²) in [6.45, 7) is 17.4. The van der Waals surface area contributed by atoms with Crippen LogP contribution in [0.3, 0.4) is 0 Å². The third kappa shape index (κ3) is 6.02. The predicted octanol–water partition coefficient (Wildman–Crippen LogP) is 5.23. The second-order valence-electron chi connectivity index (χ2n) is 7.50. The van der Waals surface area contributed by atoms with Crippen LogP contribution >= 0.6 is 6.57 Å². The Bertz CT molecular complexity index is 664. The molecule has 0 aliphatic heterocycles. The number of carbonyl (C=O) groups excluding carboxylic acids is 1. The van der Waals surface area contributed by atoms with Crippen LogP contribution in [0.2, 0.25) is 0 Å². The van der Waals surface area contributed by atoms with Crippen molar-refractivity contribution in [1.29, 1.82) is 0 Å². The average Bonchev–Trinajstić information content (AvgIpc) is 2.57. The molecule has 1 amide bonds. The zero-order valence-electron chi connectivity index (χ0n) is 18.1. The standard InChI is InChI=1S/C20H36N3O2PS/c1-9-22(10-2)26(27,23(11-3)12-4)25-17-13-14-19(21-16(5)24)18(15-17)20(6,7)8/h13-15H,9-12H2,1-8H3,(H,21,24). The van der Waals surface area contributed by atoms with E-state index < -0.39 is 6.57 Å². The van der Waals surface area contributed by atoms with Gasteiger partial charge in [-0.15, -0.1) is 0 Å². The number of hydrogen-bond acceptors (Lipinski definition) is 3. The summed E-state index contributed by atoms with van der Waals surface area (Å²) in [6.07, 6.45) is 0. The highest BCUT2D eigenvalue weighted by molar-refractivity contribution is 8.10. The first-order valence-corrected chi connectivity index (χ1v) is 12.4. The van der Waals surface area contributed by atoms with Crippen molar-refractivity contribution in [1.82, 2.24) is 9.34 Å². The van der Waals surface area contributed by atoms with Gasteiger partial charge in [0.25, 0.3) is 6.57 Å². The monoisotopic (exact) mass is 413 g/mol. The molecule has 1 rings (SSSR count). The lowest BCUT2D eigenvalue weighted by atomic mass is 9.85. The summed E-state index contributed by atoms with van der Waals surface area (Å²) in [7, 11) is 0. The van der Waals surface area contributed by atoms with Crippen LogP contribution in [0.25, 0.3) is 0 Å². The van der Waals surface area contributed by atoms with Crippen molar-refractivity contribution in [3.8, 4) is 5.75 Å². The van der Waals surface area contributed by atoms with E-state index in [4.69, 9.17) is 16.3 Å². The summed E-state index contributed by atoms with van der Waals surface area (Å²) >= 11 is 6.13. The molecule has 0 bridgehead atoms. The molecule has 27 heavy (non-hydrogen) atoms. The SMILES string of the molecule is CCN(CC)P(=S)(Oc1ccc(NC(C)=O)c(C(C)(C)C)c1)N(CC)CC. The highest BCUT2D eigenvalue weighted by Gasteiger charge is 2.32. The van der Waals surface area contributed by atoms with Gasteiger partial charge in [-0.25, -0.2) is 9.34 Å². The van der Waals surface area contributed by atoms with Crippen LogP contribution in [0.4, 0.5) is 5.69 Å². The summed E-state index contributed by atoms with van der Waals surface area (Å²) in [6, 6.07) is 5.86. The van der Waals surface area contributed by atoms with E-state index in [1.807, 2.05) is 18.2 Å². The Balaban J connectivity index is 3.41. The van der Waals surface area contributed by atoms with Crippen molar-refractivity contribution in [2.24, 2.45) is 0 Å². The van der Waals surface area contributed by atoms with Crippen LogP contribution in [-0.4, -0.2) is 41.4 Å². The molecule has 5 nitrogen and oxygen atoms in total. The molecule has 0 heterocycles. The quantitative estimate of drug-likeness (QED) is 0.562. The lowest BCUT2D eigenvalue weighted by Crippen LogP contribution is -2.34. The Kier molecular flexibility index (Phi) is 8.94. The average molecular weight is 414 g/mol. The van der Waals surface area contributed by atoms with E-state index >= 15 is 0 Å². The second-order valence-corrected chi connectivity index (χ2v) is 11.2. The number of benzene rings is 1. The van der Waals surface area contributed by atoms with E-state index in [1.54, 1.807) is 0 Å². The fourth-order valence-electron chi connectivity index (χ4n) is 3.09. The molecule has 0 fully saturated rings. The molecule has 1 aromatic rings. The Morgan fingerprint density at radius 1 is 1.07 bits per heavy atom. The van der Waals surface area contributed by atoms with Gasteiger partial charge in [-0.1, -0.05) is 48.5 Å². The third-order valence-corrected chi connectivity index (χ3v) is 9.13. The maximum atomic E-state index is 11.6. The highest BCUT2D eigenvalue weighted by Crippen LogP contribution is 2.54. The van der Waals surface area contributed by atoms with Gasteiger partial charge in [0.05, 0.1) is 0 Å². The molecule has 0 aliphatic rings. The highest BCUT2D eigenvalue weighted by atomic mass is 32.5. The van der Waals surface area contributed by atoms with Crippen LogP contribution in [0.1, 0.15) is 61.0 Å². The smallest absolute Gasteiger partial charge is 0.253 e. The van der Waals surface area contributed by atoms with Crippen LogP contribution < -0.4 is 9.84 Å². The van der Waals surface area contributed by atoms with Crippen molar-refractivity contribution in [2.45, 2.75) is 60.8 Å². The lowest BCUT2D eigenvalue weighted by molar-refractivity contribution is -0.114. The number of hydrogen-bond donors (Lipinski definition) is 1. The van der Waals surface area contributed by atoms with E-state index in [0.717, 1.165) is 43.2 Å². The lowest BCUT2D eigenvalue weighted by Gasteiger charge is -2.40. The summed E-state index contributed by atoms with van der Waals surface area (Å²) in [5.74, 6) is 0.682. The van der Waals surface area contributed by atoms with Crippen LogP contribution in [0.5, 0.6) is 5.75 Å². The van der Waals surface area contributed by atoms with Crippen molar-refractivity contribution in [2.75, 3.05) is 31.5 Å². The van der Waals surface area contributed by atoms with Crippen LogP contribution in [0.15, 0.2) is 18.2 Å². The van der Waals surface area contributed by atoms with E-state index in [2.05, 4.69) is 63.1 Å². The minimum Gasteiger partial charge on any atom is -0.441 e. The number of anilines is 1. The predicted molar refractivity (Wildman–Crippen MR) is 120 cm³/mol. The fourth-order valence-corrected chi connectivity index (χ4v) is 7.14. The molecule has 0 saturated carbocycles. The van der Waals surface area contributed by atoms with Gasteiger partial charge in [0.2, 0.25) is 5.91 Å². The molecule has 1 aromatic carbocycles. The molecule has 0 saturated heterocycles. The molecule has 154 valence electrons. The van der Waals surface area contributed by atoms with Gasteiger partial charge in [-0.05, 0) is 41.0 Å². The first-order valence-electron chi connectivity index (χ1n) is 9.75. The summed E-state index contributed by atoms with van der Waals surface area (Å²) in [4.78, 5) is 11.6. The molecule has 0 aromatic heterocycles. The number of amides is 1. The molecule has 0 unspecified atom stereocenters. The molecule has 0 atom stereocenters. The zero-order chi connectivity index (χ0) is 20.8. The maximum absolute atomic E-state index is 11.6. The van der Waals surface area contributed by atoms with Gasteiger partial charge < -0.3 is 9.84 Å². The Labute approximate surface area is 170 Å². The first kappa shape index (κ1) is 24.1. The summed E-state index contributed by atoms with van der Waals surface area (Å²) < 4.78 is 11.1. The molecular formula is C20H36N3O2PS. The molecule has 0 aliphatic carbocycles. The molecule has 7 heteroatoms. The Morgan fingerprint density at radius 2 is 1.56 bits per heavy atom. The Morgan fingerprint density at radius 3 is 1.93 bits per heavy atom. The summed E-state index contributed by atoms with van der Waals surface area (Å²) in [5, 5.41) is 2.93. The van der Waals surface area contributed by atoms with Gasteiger partial charge in [-0.3, -0.25) is 4.79 Å². The van der Waals surface area contributed by atoms with Gasteiger partial charge in [0.1, 0.15) is 5.75 Å². The van der Waals surface area contributed by atoms with Gasteiger partial charge in [-0.2, -0.15) is 0 Å². The van der Waals surface area contributed by atoms with Crippen molar-refractivity contribution in [3.05, 3.63) is 23.8 Å². The second kappa shape index (κ2) is 10.0. The van der Waals surface area contributed by atoms with Crippen molar-refractivity contribution < 1.29 is 9.32 Å². The fraction of sp³-hybridized carbons (Fsp3) is 0.650. The minimum atomic E-state index is -2.36. The molecule has 1 N–H and O–H groups in total. The third-order valence-electron chi connectivity index (χ3n) is 4.51. The van der Waals surface area contributed by atoms with Gasteiger partial charge in [0.15, 0.2) is 0 Å².